The molecule has 0 spiro atoms. The Labute approximate surface area is 89.5 Å². The Kier molecular flexibility index (Phi) is 3.97. The fraction of sp³-hybridized carbons (Fsp3) is 0.364. The highest BCUT2D eigenvalue weighted by Crippen LogP contribution is 2.20. The second-order valence-electron chi connectivity index (χ2n) is 3.15. The summed E-state index contributed by atoms with van der Waals surface area (Å²) in [6, 6.07) is 7.25. The van der Waals surface area contributed by atoms with Gasteiger partial charge in [0.05, 0.1) is 7.11 Å². The zero-order valence-corrected chi connectivity index (χ0v) is 8.99. The number of hydrogen-bond acceptors (Lipinski definition) is 3. The molecule has 1 atom stereocenters. The minimum absolute atomic E-state index is 0.0420. The Hall–Kier alpha value is -1.71. The number of methoxy groups -OCH3 is 1. The fourth-order valence-corrected chi connectivity index (χ4v) is 1.21. The van der Waals surface area contributed by atoms with Crippen LogP contribution >= 0.6 is 0 Å². The molecule has 0 saturated heterocycles. The maximum absolute atomic E-state index is 7.32. The Morgan fingerprint density at radius 2 is 2.13 bits per heavy atom. The van der Waals surface area contributed by atoms with Gasteiger partial charge in [0, 0.05) is 6.07 Å². The number of benzene rings is 1. The van der Waals surface area contributed by atoms with Crippen molar-refractivity contribution >= 4 is 5.84 Å². The normalized spacial score (nSPS) is 11.9. The SMILES string of the molecule is CCC(Oc1cccc(OC)c1)C(=N)N. The number of hydrogen-bond donors (Lipinski definition) is 2. The largest absolute Gasteiger partial charge is 0.497 e. The molecular formula is C11H16N2O2. The Balaban J connectivity index is 2.74. The van der Waals surface area contributed by atoms with E-state index in [0.29, 0.717) is 12.2 Å². The lowest BCUT2D eigenvalue weighted by molar-refractivity contribution is 0.259. The van der Waals surface area contributed by atoms with Gasteiger partial charge in [-0.15, -0.1) is 0 Å². The van der Waals surface area contributed by atoms with E-state index in [4.69, 9.17) is 20.6 Å². The van der Waals surface area contributed by atoms with Gasteiger partial charge in [0.1, 0.15) is 17.3 Å². The molecule has 4 nitrogen and oxygen atoms in total. The van der Waals surface area contributed by atoms with Crippen LogP contribution in [0.2, 0.25) is 0 Å². The first-order chi connectivity index (χ1) is 7.17. The first-order valence-electron chi connectivity index (χ1n) is 4.82. The number of nitrogens with two attached hydrogens (primary N) is 1. The molecule has 1 rings (SSSR count). The molecule has 15 heavy (non-hydrogen) atoms. The van der Waals surface area contributed by atoms with Crippen LogP contribution < -0.4 is 15.2 Å². The van der Waals surface area contributed by atoms with Crippen molar-refractivity contribution < 1.29 is 9.47 Å². The highest BCUT2D eigenvalue weighted by atomic mass is 16.5. The Morgan fingerprint density at radius 1 is 1.47 bits per heavy atom. The molecule has 0 heterocycles. The Bertz CT molecular complexity index is 339. The molecule has 0 bridgehead atoms. The van der Waals surface area contributed by atoms with Crippen molar-refractivity contribution in [3.05, 3.63) is 24.3 Å². The smallest absolute Gasteiger partial charge is 0.155 e. The third-order valence-corrected chi connectivity index (χ3v) is 2.04. The molecular weight excluding hydrogens is 192 g/mol. The average Bonchev–Trinajstić information content (AvgIpc) is 2.25. The van der Waals surface area contributed by atoms with Gasteiger partial charge < -0.3 is 15.2 Å². The van der Waals surface area contributed by atoms with Gasteiger partial charge in [-0.05, 0) is 18.6 Å². The molecule has 0 radical (unpaired) electrons. The topological polar surface area (TPSA) is 68.3 Å². The summed E-state index contributed by atoms with van der Waals surface area (Å²) in [7, 11) is 1.60. The summed E-state index contributed by atoms with van der Waals surface area (Å²) in [4.78, 5) is 0. The lowest BCUT2D eigenvalue weighted by Crippen LogP contribution is -2.32. The van der Waals surface area contributed by atoms with Crippen molar-refractivity contribution in [1.29, 1.82) is 5.41 Å². The molecule has 82 valence electrons. The van der Waals surface area contributed by atoms with E-state index < -0.39 is 0 Å². The summed E-state index contributed by atoms with van der Waals surface area (Å²) in [6.07, 6.45) is 0.309. The molecule has 3 N–H and O–H groups in total. The van der Waals surface area contributed by atoms with Gasteiger partial charge in [-0.25, -0.2) is 0 Å². The van der Waals surface area contributed by atoms with E-state index >= 15 is 0 Å². The number of amidine groups is 1. The minimum Gasteiger partial charge on any atom is -0.497 e. The van der Waals surface area contributed by atoms with Crippen molar-refractivity contribution in [1.82, 2.24) is 0 Å². The van der Waals surface area contributed by atoms with Gasteiger partial charge in [-0.1, -0.05) is 13.0 Å². The van der Waals surface area contributed by atoms with Gasteiger partial charge in [-0.3, -0.25) is 5.41 Å². The van der Waals surface area contributed by atoms with Crippen molar-refractivity contribution in [3.8, 4) is 11.5 Å². The van der Waals surface area contributed by atoms with Gasteiger partial charge in [0.25, 0.3) is 0 Å². The number of rotatable bonds is 5. The number of nitrogens with one attached hydrogen (secondary N) is 1. The monoisotopic (exact) mass is 208 g/mol. The van der Waals surface area contributed by atoms with Crippen LogP contribution in [0, 0.1) is 5.41 Å². The van der Waals surface area contributed by atoms with E-state index in [1.54, 1.807) is 13.2 Å². The van der Waals surface area contributed by atoms with Crippen molar-refractivity contribution in [2.45, 2.75) is 19.4 Å². The molecule has 4 heteroatoms. The predicted octanol–water partition coefficient (Wildman–Crippen LogP) is 1.79. The quantitative estimate of drug-likeness (QED) is 0.572. The molecule has 0 amide bonds. The maximum atomic E-state index is 7.32. The predicted molar refractivity (Wildman–Crippen MR) is 59.6 cm³/mol. The van der Waals surface area contributed by atoms with Crippen LogP contribution in [0.1, 0.15) is 13.3 Å². The first kappa shape index (κ1) is 11.4. The molecule has 0 aliphatic rings. The van der Waals surface area contributed by atoms with E-state index in [1.807, 2.05) is 25.1 Å². The van der Waals surface area contributed by atoms with Crippen molar-refractivity contribution in [2.75, 3.05) is 7.11 Å². The molecule has 0 fully saturated rings. The summed E-state index contributed by atoms with van der Waals surface area (Å²) in [6.45, 7) is 1.92. The van der Waals surface area contributed by atoms with Gasteiger partial charge >= 0.3 is 0 Å². The van der Waals surface area contributed by atoms with Crippen molar-refractivity contribution in [2.24, 2.45) is 5.73 Å². The molecule has 0 aliphatic heterocycles. The first-order valence-corrected chi connectivity index (χ1v) is 4.82. The molecule has 1 unspecified atom stereocenters. The third kappa shape index (κ3) is 3.16. The van der Waals surface area contributed by atoms with Crippen molar-refractivity contribution in [3.63, 3.8) is 0 Å². The van der Waals surface area contributed by atoms with E-state index in [-0.39, 0.29) is 11.9 Å². The third-order valence-electron chi connectivity index (χ3n) is 2.04. The van der Waals surface area contributed by atoms with Crippen LogP contribution in [0.5, 0.6) is 11.5 Å². The number of ether oxygens (including phenoxy) is 2. The molecule has 0 aromatic heterocycles. The van der Waals surface area contributed by atoms with Gasteiger partial charge in [-0.2, -0.15) is 0 Å². The van der Waals surface area contributed by atoms with Gasteiger partial charge in [0.15, 0.2) is 6.10 Å². The summed E-state index contributed by atoms with van der Waals surface area (Å²) >= 11 is 0. The lowest BCUT2D eigenvalue weighted by atomic mass is 10.2. The van der Waals surface area contributed by atoms with Crippen LogP contribution in [0.3, 0.4) is 0 Å². The van der Waals surface area contributed by atoms with E-state index in [2.05, 4.69) is 0 Å². The summed E-state index contributed by atoms with van der Waals surface area (Å²) in [5, 5.41) is 7.32. The van der Waals surface area contributed by atoms with Crippen LogP contribution in [-0.2, 0) is 0 Å². The summed E-state index contributed by atoms with van der Waals surface area (Å²) < 4.78 is 10.6. The summed E-state index contributed by atoms with van der Waals surface area (Å²) in [5.41, 5.74) is 5.39. The second-order valence-corrected chi connectivity index (χ2v) is 3.15. The van der Waals surface area contributed by atoms with Crippen LogP contribution in [0.25, 0.3) is 0 Å². The highest BCUT2D eigenvalue weighted by molar-refractivity contribution is 5.82. The molecule has 0 aliphatic carbocycles. The average molecular weight is 208 g/mol. The van der Waals surface area contributed by atoms with E-state index in [1.165, 1.54) is 0 Å². The molecule has 1 aromatic carbocycles. The second kappa shape index (κ2) is 5.24. The standard InChI is InChI=1S/C11H16N2O2/c1-3-10(11(12)13)15-9-6-4-5-8(7-9)14-2/h4-7,10H,3H2,1-2H3,(H3,12,13). The van der Waals surface area contributed by atoms with E-state index in [9.17, 15) is 0 Å². The van der Waals surface area contributed by atoms with Crippen LogP contribution in [0.15, 0.2) is 24.3 Å². The summed E-state index contributed by atoms with van der Waals surface area (Å²) in [5.74, 6) is 1.43. The molecule has 1 aromatic rings. The van der Waals surface area contributed by atoms with Crippen LogP contribution in [-0.4, -0.2) is 19.0 Å². The van der Waals surface area contributed by atoms with E-state index in [0.717, 1.165) is 5.75 Å². The highest BCUT2D eigenvalue weighted by Gasteiger charge is 2.11. The molecule has 0 saturated carbocycles. The zero-order chi connectivity index (χ0) is 11.3. The minimum atomic E-state index is -0.364. The lowest BCUT2D eigenvalue weighted by Gasteiger charge is -2.16. The Morgan fingerprint density at radius 3 is 2.67 bits per heavy atom. The van der Waals surface area contributed by atoms with Gasteiger partial charge in [0.2, 0.25) is 0 Å². The zero-order valence-electron chi connectivity index (χ0n) is 8.99. The van der Waals surface area contributed by atoms with Crippen LogP contribution in [0.4, 0.5) is 0 Å². The fourth-order valence-electron chi connectivity index (χ4n) is 1.21. The maximum Gasteiger partial charge on any atom is 0.155 e.